The monoisotopic (exact) mass is 265 g/mol. The summed E-state index contributed by atoms with van der Waals surface area (Å²) < 4.78 is 35.5. The third-order valence-electron chi connectivity index (χ3n) is 2.48. The van der Waals surface area contributed by atoms with Gasteiger partial charge in [-0.3, -0.25) is 0 Å². The highest BCUT2D eigenvalue weighted by Gasteiger charge is 2.18. The summed E-state index contributed by atoms with van der Waals surface area (Å²) in [6.45, 7) is 1.89. The normalized spacial score (nSPS) is 14.1. The zero-order chi connectivity index (χ0) is 12.5. The molecule has 1 aromatic carbocycles. The topological polar surface area (TPSA) is 37.4 Å². The van der Waals surface area contributed by atoms with Gasteiger partial charge in [-0.15, -0.1) is 0 Å². The Bertz CT molecular complexity index is 488. The van der Waals surface area contributed by atoms with E-state index in [0.29, 0.717) is 5.56 Å². The maximum absolute atomic E-state index is 13.5. The molecule has 0 radical (unpaired) electrons. The molecular weight excluding hydrogens is 253 g/mol. The maximum Gasteiger partial charge on any atom is 0.264 e. The second kappa shape index (κ2) is 4.69. The molecule has 0 saturated heterocycles. The van der Waals surface area contributed by atoms with Crippen molar-refractivity contribution in [3.63, 3.8) is 0 Å². The molecule has 1 aromatic rings. The second-order valence-corrected chi connectivity index (χ2v) is 6.30. The summed E-state index contributed by atoms with van der Waals surface area (Å²) >= 11 is 0. The third-order valence-corrected chi connectivity index (χ3v) is 3.83. The van der Waals surface area contributed by atoms with Crippen molar-refractivity contribution in [1.82, 2.24) is 4.90 Å². The van der Waals surface area contributed by atoms with E-state index in [0.717, 1.165) is 0 Å². The van der Waals surface area contributed by atoms with Gasteiger partial charge < -0.3 is 4.90 Å². The Kier molecular flexibility index (Phi) is 3.93. The number of halogens is 2. The molecule has 1 unspecified atom stereocenters. The molecule has 6 heteroatoms. The molecule has 1 atom stereocenters. The van der Waals surface area contributed by atoms with E-state index in [1.807, 2.05) is 25.9 Å². The Morgan fingerprint density at radius 2 is 1.94 bits per heavy atom. The largest absolute Gasteiger partial charge is 0.303 e. The number of hydrogen-bond donors (Lipinski definition) is 0. The first-order valence-corrected chi connectivity index (χ1v) is 6.95. The van der Waals surface area contributed by atoms with Gasteiger partial charge in [0.25, 0.3) is 9.05 Å². The van der Waals surface area contributed by atoms with Crippen molar-refractivity contribution >= 4 is 19.7 Å². The molecule has 0 spiro atoms. The van der Waals surface area contributed by atoms with Crippen LogP contribution in [0.15, 0.2) is 23.1 Å². The van der Waals surface area contributed by atoms with E-state index in [1.54, 1.807) is 6.07 Å². The van der Waals surface area contributed by atoms with Gasteiger partial charge >= 0.3 is 0 Å². The summed E-state index contributed by atoms with van der Waals surface area (Å²) in [5.41, 5.74) is 0.701. The first-order chi connectivity index (χ1) is 7.23. The minimum Gasteiger partial charge on any atom is -0.303 e. The van der Waals surface area contributed by atoms with Crippen LogP contribution in [0.2, 0.25) is 0 Å². The van der Waals surface area contributed by atoms with Crippen LogP contribution < -0.4 is 0 Å². The van der Waals surface area contributed by atoms with Crippen LogP contribution in [0.3, 0.4) is 0 Å². The molecule has 0 aliphatic heterocycles. The summed E-state index contributed by atoms with van der Waals surface area (Å²) in [4.78, 5) is 1.41. The van der Waals surface area contributed by atoms with E-state index in [2.05, 4.69) is 0 Å². The quantitative estimate of drug-likeness (QED) is 0.788. The van der Waals surface area contributed by atoms with E-state index in [9.17, 15) is 12.8 Å². The van der Waals surface area contributed by atoms with Crippen molar-refractivity contribution in [2.75, 3.05) is 14.1 Å². The van der Waals surface area contributed by atoms with Crippen molar-refractivity contribution in [3.05, 3.63) is 29.6 Å². The van der Waals surface area contributed by atoms with Crippen LogP contribution in [0.25, 0.3) is 0 Å². The van der Waals surface area contributed by atoms with Gasteiger partial charge in [0, 0.05) is 16.7 Å². The van der Waals surface area contributed by atoms with Crippen molar-refractivity contribution in [1.29, 1.82) is 0 Å². The van der Waals surface area contributed by atoms with Crippen LogP contribution in [0.4, 0.5) is 4.39 Å². The standard InChI is InChI=1S/C10H13ClFNO2S/c1-7(13(2)3)8-4-5-10(9(12)6-8)16(11,14)15/h4-7H,1-3H3. The smallest absolute Gasteiger partial charge is 0.264 e. The summed E-state index contributed by atoms with van der Waals surface area (Å²) in [7, 11) is 4.78. The van der Waals surface area contributed by atoms with Gasteiger partial charge in [0.15, 0.2) is 0 Å². The average Bonchev–Trinajstić information content (AvgIpc) is 2.14. The van der Waals surface area contributed by atoms with Crippen LogP contribution in [0, 0.1) is 5.82 Å². The molecule has 0 aromatic heterocycles. The van der Waals surface area contributed by atoms with E-state index in [4.69, 9.17) is 10.7 Å². The van der Waals surface area contributed by atoms with E-state index < -0.39 is 19.8 Å². The Hall–Kier alpha value is -0.650. The number of benzene rings is 1. The van der Waals surface area contributed by atoms with Crippen molar-refractivity contribution in [2.24, 2.45) is 0 Å². The molecule has 16 heavy (non-hydrogen) atoms. The highest BCUT2D eigenvalue weighted by molar-refractivity contribution is 8.13. The summed E-state index contributed by atoms with van der Waals surface area (Å²) in [6.07, 6.45) is 0. The lowest BCUT2D eigenvalue weighted by Gasteiger charge is -2.20. The molecule has 0 bridgehead atoms. The first-order valence-electron chi connectivity index (χ1n) is 4.64. The molecule has 0 fully saturated rings. The molecule has 1 rings (SSSR count). The number of hydrogen-bond acceptors (Lipinski definition) is 3. The number of nitrogens with zero attached hydrogens (tertiary/aromatic N) is 1. The SMILES string of the molecule is CC(c1ccc(S(=O)(=O)Cl)c(F)c1)N(C)C. The zero-order valence-electron chi connectivity index (χ0n) is 9.24. The maximum atomic E-state index is 13.5. The molecule has 0 N–H and O–H groups in total. The van der Waals surface area contributed by atoms with Crippen molar-refractivity contribution in [3.8, 4) is 0 Å². The summed E-state index contributed by atoms with van der Waals surface area (Å²) in [5.74, 6) is -0.818. The third kappa shape index (κ3) is 2.93. The van der Waals surface area contributed by atoms with Crippen LogP contribution in [0.5, 0.6) is 0 Å². The van der Waals surface area contributed by atoms with Gasteiger partial charge in [-0.2, -0.15) is 0 Å². The highest BCUT2D eigenvalue weighted by atomic mass is 35.7. The molecule has 3 nitrogen and oxygen atoms in total. The molecule has 0 aliphatic carbocycles. The van der Waals surface area contributed by atoms with Gasteiger partial charge in [-0.25, -0.2) is 12.8 Å². The van der Waals surface area contributed by atoms with Crippen molar-refractivity contribution in [2.45, 2.75) is 17.9 Å². The van der Waals surface area contributed by atoms with E-state index in [1.165, 1.54) is 12.1 Å². The van der Waals surface area contributed by atoms with Crippen LogP contribution in [-0.2, 0) is 9.05 Å². The summed E-state index contributed by atoms with van der Waals surface area (Å²) in [5, 5.41) is 0. The molecule has 90 valence electrons. The van der Waals surface area contributed by atoms with Gasteiger partial charge in [0.1, 0.15) is 10.7 Å². The van der Waals surface area contributed by atoms with Crippen LogP contribution >= 0.6 is 10.7 Å². The zero-order valence-corrected chi connectivity index (χ0v) is 10.8. The first kappa shape index (κ1) is 13.4. The molecular formula is C10H13ClFNO2S. The number of rotatable bonds is 3. The van der Waals surface area contributed by atoms with Gasteiger partial charge in [-0.05, 0) is 38.7 Å². The van der Waals surface area contributed by atoms with Crippen LogP contribution in [0.1, 0.15) is 18.5 Å². The fraction of sp³-hybridized carbons (Fsp3) is 0.400. The predicted molar refractivity (Wildman–Crippen MR) is 61.5 cm³/mol. The Labute approximate surface area is 99.2 Å². The second-order valence-electron chi connectivity index (χ2n) is 3.77. The van der Waals surface area contributed by atoms with E-state index in [-0.39, 0.29) is 6.04 Å². The Balaban J connectivity index is 3.20. The van der Waals surface area contributed by atoms with Crippen LogP contribution in [-0.4, -0.2) is 27.4 Å². The molecule has 0 aliphatic rings. The predicted octanol–water partition coefficient (Wildman–Crippen LogP) is 2.38. The van der Waals surface area contributed by atoms with Gasteiger partial charge in [0.2, 0.25) is 0 Å². The van der Waals surface area contributed by atoms with Gasteiger partial charge in [-0.1, -0.05) is 6.07 Å². The average molecular weight is 266 g/mol. The van der Waals surface area contributed by atoms with Crippen molar-refractivity contribution < 1.29 is 12.8 Å². The molecule has 0 saturated carbocycles. The Morgan fingerprint density at radius 1 is 1.38 bits per heavy atom. The molecule has 0 amide bonds. The lowest BCUT2D eigenvalue weighted by atomic mass is 10.1. The fourth-order valence-corrected chi connectivity index (χ4v) is 2.17. The fourth-order valence-electron chi connectivity index (χ4n) is 1.27. The minimum absolute atomic E-state index is 0.00146. The summed E-state index contributed by atoms with van der Waals surface area (Å²) in [6, 6.07) is 3.94. The van der Waals surface area contributed by atoms with E-state index >= 15 is 0 Å². The minimum atomic E-state index is -4.01. The highest BCUT2D eigenvalue weighted by Crippen LogP contribution is 2.24. The molecule has 0 heterocycles. The lowest BCUT2D eigenvalue weighted by Crippen LogP contribution is -2.17. The lowest BCUT2D eigenvalue weighted by molar-refractivity contribution is 0.320. The van der Waals surface area contributed by atoms with Gasteiger partial charge in [0.05, 0.1) is 0 Å². The Morgan fingerprint density at radius 3 is 2.31 bits per heavy atom.